The van der Waals surface area contributed by atoms with Crippen molar-refractivity contribution in [3.05, 3.63) is 134 Å². The second-order valence-corrected chi connectivity index (χ2v) is 11.5. The number of benzene rings is 4. The molecule has 0 fully saturated rings. The lowest BCUT2D eigenvalue weighted by Gasteiger charge is -2.18. The van der Waals surface area contributed by atoms with Crippen LogP contribution in [0, 0.1) is 0 Å². The Labute approximate surface area is 239 Å². The van der Waals surface area contributed by atoms with Crippen LogP contribution >= 0.6 is 15.9 Å². The largest absolute Gasteiger partial charge is 0.478 e. The molecule has 1 aromatic heterocycles. The molecule has 0 aliphatic carbocycles. The van der Waals surface area contributed by atoms with Crippen molar-refractivity contribution in [1.29, 1.82) is 0 Å². The van der Waals surface area contributed by atoms with Crippen molar-refractivity contribution >= 4 is 49.4 Å². The molecule has 40 heavy (non-hydrogen) atoms. The van der Waals surface area contributed by atoms with E-state index in [0.29, 0.717) is 32.4 Å². The van der Waals surface area contributed by atoms with E-state index in [2.05, 4.69) is 15.9 Å². The molecule has 0 saturated heterocycles. The van der Waals surface area contributed by atoms with Crippen molar-refractivity contribution in [2.45, 2.75) is 17.2 Å². The molecule has 0 amide bonds. The van der Waals surface area contributed by atoms with E-state index in [9.17, 15) is 23.7 Å². The fourth-order valence-corrected chi connectivity index (χ4v) is 6.06. The van der Waals surface area contributed by atoms with Gasteiger partial charge in [0.25, 0.3) is 5.56 Å². The fourth-order valence-electron chi connectivity index (χ4n) is 4.60. The van der Waals surface area contributed by atoms with Gasteiger partial charge in [0.15, 0.2) is 0 Å². The first-order valence-corrected chi connectivity index (χ1v) is 14.3. The Morgan fingerprint density at radius 1 is 0.775 bits per heavy atom. The normalized spacial score (nSPS) is 11.8. The summed E-state index contributed by atoms with van der Waals surface area (Å²) in [6.07, 6.45) is 0. The van der Waals surface area contributed by atoms with Gasteiger partial charge < -0.3 is 10.2 Å². The SMILES string of the molecule is O=C(O)c1ccc(S(=O)Cc2ccc(Cn3c(C(=O)O)c(-c4ccccc4)c4cc(Br)ccc4c3=O)cc2)cc1. The number of hydrogen-bond acceptors (Lipinski definition) is 4. The van der Waals surface area contributed by atoms with Crippen LogP contribution in [0.5, 0.6) is 0 Å². The number of carboxylic acid groups (broad SMARTS) is 2. The lowest BCUT2D eigenvalue weighted by molar-refractivity contribution is 0.0679. The van der Waals surface area contributed by atoms with Crippen LogP contribution in [0.1, 0.15) is 32.0 Å². The van der Waals surface area contributed by atoms with Gasteiger partial charge in [-0.15, -0.1) is 0 Å². The van der Waals surface area contributed by atoms with Crippen molar-refractivity contribution in [1.82, 2.24) is 4.57 Å². The summed E-state index contributed by atoms with van der Waals surface area (Å²) >= 11 is 3.44. The summed E-state index contributed by atoms with van der Waals surface area (Å²) in [6, 6.07) is 27.4. The third-order valence-electron chi connectivity index (χ3n) is 6.52. The smallest absolute Gasteiger partial charge is 0.353 e. The predicted octanol–water partition coefficient (Wildman–Crippen LogP) is 6.18. The molecule has 0 radical (unpaired) electrons. The Morgan fingerprint density at radius 3 is 2.05 bits per heavy atom. The highest BCUT2D eigenvalue weighted by atomic mass is 79.9. The number of pyridine rings is 1. The van der Waals surface area contributed by atoms with Gasteiger partial charge in [-0.25, -0.2) is 9.59 Å². The lowest BCUT2D eigenvalue weighted by Crippen LogP contribution is -2.28. The molecule has 7 nitrogen and oxygen atoms in total. The first-order chi connectivity index (χ1) is 19.2. The summed E-state index contributed by atoms with van der Waals surface area (Å²) in [7, 11) is -1.39. The van der Waals surface area contributed by atoms with E-state index in [-0.39, 0.29) is 23.6 Å². The summed E-state index contributed by atoms with van der Waals surface area (Å²) < 4.78 is 14.8. The van der Waals surface area contributed by atoms with E-state index in [1.807, 2.05) is 30.3 Å². The maximum absolute atomic E-state index is 13.6. The van der Waals surface area contributed by atoms with Crippen LogP contribution in [0.15, 0.2) is 111 Å². The number of nitrogens with zero attached hydrogens (tertiary/aromatic N) is 1. The lowest BCUT2D eigenvalue weighted by atomic mass is 9.96. The zero-order chi connectivity index (χ0) is 28.4. The van der Waals surface area contributed by atoms with Gasteiger partial charge in [-0.05, 0) is 64.5 Å². The van der Waals surface area contributed by atoms with Gasteiger partial charge in [0.2, 0.25) is 0 Å². The second-order valence-electron chi connectivity index (χ2n) is 9.11. The minimum absolute atomic E-state index is 0.0341. The van der Waals surface area contributed by atoms with Crippen LogP contribution in [0.4, 0.5) is 0 Å². The Balaban J connectivity index is 1.50. The standard InChI is InChI=1S/C31H22BrNO6S/c32-23-12-15-25-26(16-23)27(21-4-2-1-3-5-21)28(31(37)38)33(29(25)34)17-19-6-8-20(9-7-19)18-40(39)24-13-10-22(11-14-24)30(35)36/h1-16H,17-18H2,(H,35,36)(H,37,38). The highest BCUT2D eigenvalue weighted by molar-refractivity contribution is 9.10. The van der Waals surface area contributed by atoms with Crippen molar-refractivity contribution in [2.24, 2.45) is 0 Å². The van der Waals surface area contributed by atoms with Crippen LogP contribution in [0.25, 0.3) is 21.9 Å². The number of aromatic nitrogens is 1. The van der Waals surface area contributed by atoms with Crippen LogP contribution in [-0.2, 0) is 23.1 Å². The van der Waals surface area contributed by atoms with E-state index >= 15 is 0 Å². The summed E-state index contributed by atoms with van der Waals surface area (Å²) in [4.78, 5) is 37.8. The van der Waals surface area contributed by atoms with Gasteiger partial charge in [-0.2, -0.15) is 0 Å². The van der Waals surface area contributed by atoms with E-state index < -0.39 is 28.3 Å². The molecule has 9 heteroatoms. The first-order valence-electron chi connectivity index (χ1n) is 12.2. The zero-order valence-corrected chi connectivity index (χ0v) is 23.3. The average Bonchev–Trinajstić information content (AvgIpc) is 2.95. The molecule has 5 aromatic rings. The molecule has 1 unspecified atom stereocenters. The Bertz CT molecular complexity index is 1830. The Hall–Kier alpha value is -4.34. The number of carbonyl (C=O) groups is 2. The van der Waals surface area contributed by atoms with Crippen molar-refractivity contribution in [2.75, 3.05) is 0 Å². The monoisotopic (exact) mass is 615 g/mol. The van der Waals surface area contributed by atoms with Crippen LogP contribution < -0.4 is 5.56 Å². The number of hydrogen-bond donors (Lipinski definition) is 2. The van der Waals surface area contributed by atoms with Crippen LogP contribution in [0.2, 0.25) is 0 Å². The van der Waals surface area contributed by atoms with E-state index in [0.717, 1.165) is 10.0 Å². The van der Waals surface area contributed by atoms with Crippen molar-refractivity contribution in [3.63, 3.8) is 0 Å². The van der Waals surface area contributed by atoms with Gasteiger partial charge in [-0.3, -0.25) is 13.6 Å². The molecule has 1 atom stereocenters. The van der Waals surface area contributed by atoms with Crippen LogP contribution in [0.3, 0.4) is 0 Å². The van der Waals surface area contributed by atoms with E-state index in [1.54, 1.807) is 42.5 Å². The molecule has 0 bridgehead atoms. The number of fused-ring (bicyclic) bond motifs is 1. The van der Waals surface area contributed by atoms with E-state index in [1.165, 1.54) is 28.8 Å². The maximum atomic E-state index is 13.6. The van der Waals surface area contributed by atoms with Gasteiger partial charge in [-0.1, -0.05) is 70.5 Å². The fraction of sp³-hybridized carbons (Fsp3) is 0.0645. The summed E-state index contributed by atoms with van der Waals surface area (Å²) in [5, 5.41) is 20.3. The van der Waals surface area contributed by atoms with Crippen LogP contribution in [-0.4, -0.2) is 30.9 Å². The van der Waals surface area contributed by atoms with Crippen molar-refractivity contribution < 1.29 is 24.0 Å². The molecule has 2 N–H and O–H groups in total. The molecule has 4 aromatic carbocycles. The van der Waals surface area contributed by atoms with Gasteiger partial charge in [0.1, 0.15) is 5.69 Å². The molecule has 0 spiro atoms. The number of rotatable bonds is 8. The quantitative estimate of drug-likeness (QED) is 0.215. The third-order valence-corrected chi connectivity index (χ3v) is 8.41. The minimum Gasteiger partial charge on any atom is -0.478 e. The number of halogens is 1. The molecule has 0 aliphatic heterocycles. The summed E-state index contributed by atoms with van der Waals surface area (Å²) in [6.45, 7) is 0.0341. The number of aromatic carboxylic acids is 2. The molecule has 1 heterocycles. The molecule has 0 saturated carbocycles. The topological polar surface area (TPSA) is 114 Å². The average molecular weight is 616 g/mol. The van der Waals surface area contributed by atoms with Gasteiger partial charge in [0.05, 0.1) is 28.7 Å². The Morgan fingerprint density at radius 2 is 1.43 bits per heavy atom. The number of carboxylic acids is 2. The predicted molar refractivity (Wildman–Crippen MR) is 157 cm³/mol. The molecule has 200 valence electrons. The maximum Gasteiger partial charge on any atom is 0.353 e. The van der Waals surface area contributed by atoms with Gasteiger partial charge in [0, 0.05) is 20.3 Å². The molecular weight excluding hydrogens is 594 g/mol. The zero-order valence-electron chi connectivity index (χ0n) is 20.9. The molecule has 0 aliphatic rings. The highest BCUT2D eigenvalue weighted by Crippen LogP contribution is 2.33. The Kier molecular flexibility index (Phi) is 7.77. The molecular formula is C31H22BrNO6S. The van der Waals surface area contributed by atoms with Gasteiger partial charge >= 0.3 is 11.9 Å². The van der Waals surface area contributed by atoms with Crippen molar-refractivity contribution in [3.8, 4) is 11.1 Å². The highest BCUT2D eigenvalue weighted by Gasteiger charge is 2.23. The van der Waals surface area contributed by atoms with E-state index in [4.69, 9.17) is 5.11 Å². The first kappa shape index (κ1) is 27.2. The molecule has 5 rings (SSSR count). The second kappa shape index (κ2) is 11.4. The minimum atomic E-state index is -1.39. The summed E-state index contributed by atoms with van der Waals surface area (Å²) in [5.74, 6) is -2.04. The third kappa shape index (κ3) is 5.52. The summed E-state index contributed by atoms with van der Waals surface area (Å²) in [5.41, 5.74) is 2.25.